The lowest BCUT2D eigenvalue weighted by atomic mass is 9.45. The Hall–Kier alpha value is 0.0900. The first-order valence-electron chi connectivity index (χ1n) is 5.54. The molecular formula is C12H18S. The number of hydrogen-bond acceptors (Lipinski definition) is 1. The fourth-order valence-corrected chi connectivity index (χ4v) is 5.08. The molecular weight excluding hydrogens is 176 g/mol. The van der Waals surface area contributed by atoms with Crippen LogP contribution in [0.5, 0.6) is 0 Å². The van der Waals surface area contributed by atoms with E-state index in [0.29, 0.717) is 10.8 Å². The molecule has 4 aliphatic rings. The van der Waals surface area contributed by atoms with Crippen molar-refractivity contribution in [3.05, 3.63) is 0 Å². The van der Waals surface area contributed by atoms with E-state index in [1.807, 2.05) is 0 Å². The first kappa shape index (κ1) is 8.40. The molecule has 0 N–H and O–H groups in total. The van der Waals surface area contributed by atoms with Gasteiger partial charge in [-0.25, -0.2) is 0 Å². The van der Waals surface area contributed by atoms with Crippen LogP contribution in [0.25, 0.3) is 0 Å². The predicted molar refractivity (Wildman–Crippen MR) is 58.9 cm³/mol. The van der Waals surface area contributed by atoms with Gasteiger partial charge in [0.25, 0.3) is 0 Å². The molecule has 0 aliphatic heterocycles. The number of thiocarbonyl (C=S) groups is 1. The Bertz CT molecular complexity index is 241. The quantitative estimate of drug-likeness (QED) is 0.531. The zero-order chi connectivity index (χ0) is 9.27. The minimum atomic E-state index is 0.656. The SMILES string of the molecule is CC12CC3CC(C)(CC(C1)C3=S)C2. The van der Waals surface area contributed by atoms with Gasteiger partial charge in [-0.05, 0) is 59.6 Å². The summed E-state index contributed by atoms with van der Waals surface area (Å²) in [5, 5.41) is 0. The topological polar surface area (TPSA) is 0 Å². The van der Waals surface area contributed by atoms with E-state index in [9.17, 15) is 0 Å². The van der Waals surface area contributed by atoms with Gasteiger partial charge < -0.3 is 0 Å². The van der Waals surface area contributed by atoms with E-state index in [4.69, 9.17) is 12.2 Å². The van der Waals surface area contributed by atoms with Gasteiger partial charge >= 0.3 is 0 Å². The van der Waals surface area contributed by atoms with E-state index < -0.39 is 0 Å². The Labute approximate surface area is 86.1 Å². The molecule has 0 amide bonds. The molecule has 4 rings (SSSR count). The van der Waals surface area contributed by atoms with Crippen LogP contribution in [0.2, 0.25) is 0 Å². The standard InChI is InChI=1S/C12H18S/c1-11-3-8-5-12(2,7-11)6-9(4-11)10(8)13/h8-9H,3-7H2,1-2H3. The summed E-state index contributed by atoms with van der Waals surface area (Å²) in [4.78, 5) is 1.44. The molecule has 1 heteroatoms. The fraction of sp³-hybridized carbons (Fsp3) is 0.917. The highest BCUT2D eigenvalue weighted by atomic mass is 32.1. The zero-order valence-corrected chi connectivity index (χ0v) is 9.41. The molecule has 0 spiro atoms. The van der Waals surface area contributed by atoms with Crippen LogP contribution in [-0.2, 0) is 0 Å². The monoisotopic (exact) mass is 194 g/mol. The summed E-state index contributed by atoms with van der Waals surface area (Å²) in [6.45, 7) is 4.98. The molecule has 4 saturated carbocycles. The highest BCUT2D eigenvalue weighted by Crippen LogP contribution is 2.63. The largest absolute Gasteiger partial charge is 0.0891 e. The van der Waals surface area contributed by atoms with Gasteiger partial charge in [-0.3, -0.25) is 0 Å². The molecule has 0 nitrogen and oxygen atoms in total. The van der Waals surface area contributed by atoms with E-state index in [1.165, 1.54) is 37.0 Å². The zero-order valence-electron chi connectivity index (χ0n) is 8.60. The molecule has 0 saturated heterocycles. The third kappa shape index (κ3) is 1.06. The summed E-state index contributed by atoms with van der Waals surface area (Å²) in [5.74, 6) is 1.62. The van der Waals surface area contributed by atoms with Crippen molar-refractivity contribution in [2.45, 2.75) is 46.0 Å². The molecule has 72 valence electrons. The maximum atomic E-state index is 5.57. The Balaban J connectivity index is 2.04. The van der Waals surface area contributed by atoms with Crippen molar-refractivity contribution in [2.24, 2.45) is 22.7 Å². The second-order valence-electron chi connectivity index (χ2n) is 6.41. The van der Waals surface area contributed by atoms with Gasteiger partial charge in [-0.2, -0.15) is 0 Å². The Kier molecular flexibility index (Phi) is 1.41. The molecule has 4 bridgehead atoms. The van der Waals surface area contributed by atoms with Crippen LogP contribution in [0.4, 0.5) is 0 Å². The number of rotatable bonds is 0. The van der Waals surface area contributed by atoms with Crippen LogP contribution < -0.4 is 0 Å². The average Bonchev–Trinajstić information content (AvgIpc) is 1.94. The van der Waals surface area contributed by atoms with E-state index in [-0.39, 0.29) is 0 Å². The smallest absolute Gasteiger partial charge is 0.000886 e. The normalized spacial score (nSPS) is 58.8. The predicted octanol–water partition coefficient (Wildman–Crippen LogP) is 3.59. The van der Waals surface area contributed by atoms with Gasteiger partial charge in [-0.1, -0.05) is 26.1 Å². The van der Waals surface area contributed by atoms with Crippen LogP contribution in [-0.4, -0.2) is 4.86 Å². The summed E-state index contributed by atoms with van der Waals surface area (Å²) in [5.41, 5.74) is 1.31. The van der Waals surface area contributed by atoms with E-state index in [1.54, 1.807) is 0 Å². The number of hydrogen-bond donors (Lipinski definition) is 0. The van der Waals surface area contributed by atoms with E-state index in [0.717, 1.165) is 11.8 Å². The van der Waals surface area contributed by atoms with Crippen molar-refractivity contribution in [3.63, 3.8) is 0 Å². The summed E-state index contributed by atoms with van der Waals surface area (Å²) >= 11 is 5.57. The second-order valence-corrected chi connectivity index (χ2v) is 6.88. The molecule has 4 fully saturated rings. The lowest BCUT2D eigenvalue weighted by molar-refractivity contribution is -0.0288. The van der Waals surface area contributed by atoms with Gasteiger partial charge in [0.1, 0.15) is 0 Å². The minimum Gasteiger partial charge on any atom is -0.0891 e. The van der Waals surface area contributed by atoms with Crippen molar-refractivity contribution in [3.8, 4) is 0 Å². The van der Waals surface area contributed by atoms with Crippen molar-refractivity contribution in [2.75, 3.05) is 0 Å². The molecule has 4 aliphatic carbocycles. The Morgan fingerprint density at radius 2 is 1.38 bits per heavy atom. The molecule has 0 unspecified atom stereocenters. The molecule has 0 aromatic rings. The van der Waals surface area contributed by atoms with Crippen LogP contribution in [0.15, 0.2) is 0 Å². The Morgan fingerprint density at radius 3 is 1.77 bits per heavy atom. The van der Waals surface area contributed by atoms with Crippen LogP contribution in [0.3, 0.4) is 0 Å². The van der Waals surface area contributed by atoms with Crippen LogP contribution in [0.1, 0.15) is 46.0 Å². The van der Waals surface area contributed by atoms with Gasteiger partial charge in [0, 0.05) is 0 Å². The molecule has 0 aromatic heterocycles. The maximum absolute atomic E-state index is 5.57. The van der Waals surface area contributed by atoms with Crippen molar-refractivity contribution in [1.82, 2.24) is 0 Å². The first-order valence-corrected chi connectivity index (χ1v) is 5.94. The lowest BCUT2D eigenvalue weighted by Gasteiger charge is -2.60. The van der Waals surface area contributed by atoms with Gasteiger partial charge in [0.05, 0.1) is 0 Å². The highest BCUT2D eigenvalue weighted by molar-refractivity contribution is 7.80. The van der Waals surface area contributed by atoms with Crippen molar-refractivity contribution in [1.29, 1.82) is 0 Å². The molecule has 13 heavy (non-hydrogen) atoms. The Morgan fingerprint density at radius 1 is 1.00 bits per heavy atom. The van der Waals surface area contributed by atoms with E-state index in [2.05, 4.69) is 13.8 Å². The molecule has 0 heterocycles. The third-order valence-corrected chi connectivity index (χ3v) is 5.28. The van der Waals surface area contributed by atoms with Gasteiger partial charge in [-0.15, -0.1) is 0 Å². The third-order valence-electron chi connectivity index (χ3n) is 4.62. The summed E-state index contributed by atoms with van der Waals surface area (Å²) in [6, 6.07) is 0. The van der Waals surface area contributed by atoms with Gasteiger partial charge in [0.2, 0.25) is 0 Å². The minimum absolute atomic E-state index is 0.656. The second kappa shape index (κ2) is 2.18. The van der Waals surface area contributed by atoms with Crippen molar-refractivity contribution < 1.29 is 0 Å². The van der Waals surface area contributed by atoms with E-state index >= 15 is 0 Å². The maximum Gasteiger partial charge on any atom is -0.000886 e. The average molecular weight is 194 g/mol. The first-order chi connectivity index (χ1) is 6.00. The summed E-state index contributed by atoms with van der Waals surface area (Å²) in [6.07, 6.45) is 7.07. The van der Waals surface area contributed by atoms with Crippen LogP contribution >= 0.6 is 12.2 Å². The van der Waals surface area contributed by atoms with Gasteiger partial charge in [0.15, 0.2) is 0 Å². The lowest BCUT2D eigenvalue weighted by Crippen LogP contribution is -2.53. The molecule has 0 aromatic carbocycles. The molecule has 0 atom stereocenters. The van der Waals surface area contributed by atoms with Crippen LogP contribution in [0, 0.1) is 22.7 Å². The summed E-state index contributed by atoms with van der Waals surface area (Å²) < 4.78 is 0. The summed E-state index contributed by atoms with van der Waals surface area (Å²) in [7, 11) is 0. The fourth-order valence-electron chi connectivity index (χ4n) is 4.75. The highest BCUT2D eigenvalue weighted by Gasteiger charge is 2.55. The molecule has 0 radical (unpaired) electrons. The van der Waals surface area contributed by atoms with Crippen molar-refractivity contribution >= 4 is 17.1 Å².